The number of nitrogens with one attached hydrogen (secondary N) is 1. The van der Waals surface area contributed by atoms with Crippen LogP contribution in [0.25, 0.3) is 28.0 Å². The molecule has 0 aliphatic carbocycles. The summed E-state index contributed by atoms with van der Waals surface area (Å²) < 4.78 is 1.42. The maximum atomic E-state index is 12.5. The van der Waals surface area contributed by atoms with Crippen molar-refractivity contribution < 1.29 is 0 Å². The van der Waals surface area contributed by atoms with Crippen molar-refractivity contribution in [3.63, 3.8) is 0 Å². The number of nitrogens with zero attached hydrogens (tertiary/aromatic N) is 3. The molecular formula is C16H12N4O. The lowest BCUT2D eigenvalue weighted by molar-refractivity contribution is 0.851. The molecule has 0 amide bonds. The molecule has 2 aromatic rings. The number of H-pyrrole nitrogens is 1. The van der Waals surface area contributed by atoms with Crippen molar-refractivity contribution in [3.8, 4) is 17.1 Å². The van der Waals surface area contributed by atoms with Gasteiger partial charge in [0.05, 0.1) is 11.2 Å². The lowest BCUT2D eigenvalue weighted by Gasteiger charge is -2.02. The van der Waals surface area contributed by atoms with E-state index in [1.54, 1.807) is 0 Å². The van der Waals surface area contributed by atoms with Crippen LogP contribution in [0, 0.1) is 6.92 Å². The summed E-state index contributed by atoms with van der Waals surface area (Å²) in [5.74, 6) is 0. The van der Waals surface area contributed by atoms with Gasteiger partial charge in [0, 0.05) is 5.39 Å². The van der Waals surface area contributed by atoms with Crippen molar-refractivity contribution in [2.45, 2.75) is 6.92 Å². The molecule has 102 valence electrons. The van der Waals surface area contributed by atoms with Gasteiger partial charge in [-0.25, -0.2) is 0 Å². The lowest BCUT2D eigenvalue weighted by atomic mass is 10.1. The predicted octanol–water partition coefficient (Wildman–Crippen LogP) is 2.52. The molecule has 0 fully saturated rings. The van der Waals surface area contributed by atoms with Crippen LogP contribution in [0.4, 0.5) is 0 Å². The highest BCUT2D eigenvalue weighted by Gasteiger charge is 2.20. The second-order valence-electron chi connectivity index (χ2n) is 4.97. The SMILES string of the molecule is Cc1ccccc1-n1nc2c3ccccc3[nH]nc-2c1=O. The lowest BCUT2D eigenvalue weighted by Crippen LogP contribution is -2.16. The van der Waals surface area contributed by atoms with Crippen LogP contribution in [-0.4, -0.2) is 20.0 Å². The maximum Gasteiger partial charge on any atom is 0.301 e. The number of aryl methyl sites for hydroxylation is 1. The van der Waals surface area contributed by atoms with E-state index in [9.17, 15) is 4.79 Å². The summed E-state index contributed by atoms with van der Waals surface area (Å²) in [6.45, 7) is 1.96. The number of hydrogen-bond acceptors (Lipinski definition) is 3. The highest BCUT2D eigenvalue weighted by molar-refractivity contribution is 5.91. The number of para-hydroxylation sites is 2. The first-order valence-electron chi connectivity index (χ1n) is 6.68. The summed E-state index contributed by atoms with van der Waals surface area (Å²) in [6, 6.07) is 15.4. The maximum absolute atomic E-state index is 12.5. The van der Waals surface area contributed by atoms with Gasteiger partial charge < -0.3 is 0 Å². The molecule has 0 spiro atoms. The fraction of sp³-hybridized carbons (Fsp3) is 0.0625. The Balaban J connectivity index is 2.11. The van der Waals surface area contributed by atoms with Gasteiger partial charge in [-0.2, -0.15) is 14.9 Å². The van der Waals surface area contributed by atoms with Crippen LogP contribution in [-0.2, 0) is 0 Å². The van der Waals surface area contributed by atoms with Gasteiger partial charge in [-0.15, -0.1) is 0 Å². The molecule has 0 atom stereocenters. The standard InChI is InChI=1S/C16H12N4O/c1-10-6-2-5-9-13(10)20-16(21)15-14(19-20)11-7-3-4-8-12(11)17-18-15/h2-9,17H,1H3. The third-order valence-electron chi connectivity index (χ3n) is 3.63. The molecule has 5 nitrogen and oxygen atoms in total. The molecule has 4 rings (SSSR count). The van der Waals surface area contributed by atoms with Crippen LogP contribution in [0.15, 0.2) is 53.3 Å². The van der Waals surface area contributed by atoms with Gasteiger partial charge in [0.2, 0.25) is 0 Å². The predicted molar refractivity (Wildman–Crippen MR) is 80.8 cm³/mol. The van der Waals surface area contributed by atoms with Gasteiger partial charge in [0.1, 0.15) is 5.69 Å². The molecule has 2 aliphatic rings. The summed E-state index contributed by atoms with van der Waals surface area (Å²) in [5.41, 5.74) is 3.41. The first-order valence-corrected chi connectivity index (χ1v) is 6.68. The first kappa shape index (κ1) is 11.8. The molecule has 2 heterocycles. The molecule has 0 aromatic heterocycles. The van der Waals surface area contributed by atoms with Gasteiger partial charge in [0.15, 0.2) is 5.69 Å². The summed E-state index contributed by atoms with van der Waals surface area (Å²) in [4.78, 5) is 12.5. The average molecular weight is 276 g/mol. The number of aromatic amines is 1. The summed E-state index contributed by atoms with van der Waals surface area (Å²) >= 11 is 0. The molecule has 0 unspecified atom stereocenters. The van der Waals surface area contributed by atoms with Gasteiger partial charge in [-0.1, -0.05) is 36.4 Å². The van der Waals surface area contributed by atoms with Crippen LogP contribution in [0.3, 0.4) is 0 Å². The van der Waals surface area contributed by atoms with E-state index in [0.29, 0.717) is 11.4 Å². The number of fused-ring (bicyclic) bond motifs is 3. The van der Waals surface area contributed by atoms with E-state index < -0.39 is 0 Å². The van der Waals surface area contributed by atoms with Gasteiger partial charge in [-0.05, 0) is 24.6 Å². The van der Waals surface area contributed by atoms with Gasteiger partial charge in [-0.3, -0.25) is 9.89 Å². The van der Waals surface area contributed by atoms with Crippen LogP contribution in [0.2, 0.25) is 0 Å². The van der Waals surface area contributed by atoms with E-state index in [0.717, 1.165) is 22.2 Å². The van der Waals surface area contributed by atoms with Gasteiger partial charge in [0.25, 0.3) is 0 Å². The zero-order chi connectivity index (χ0) is 14.4. The molecular weight excluding hydrogens is 264 g/mol. The van der Waals surface area contributed by atoms with Crippen LogP contribution in [0.5, 0.6) is 0 Å². The Labute approximate surface area is 120 Å². The van der Waals surface area contributed by atoms with Crippen molar-refractivity contribution >= 4 is 10.9 Å². The van der Waals surface area contributed by atoms with E-state index in [2.05, 4.69) is 15.3 Å². The number of aromatic nitrogens is 4. The first-order chi connectivity index (χ1) is 10.3. The molecule has 1 N–H and O–H groups in total. The fourth-order valence-electron chi connectivity index (χ4n) is 2.54. The minimum Gasteiger partial charge on any atom is -0.277 e. The third-order valence-corrected chi connectivity index (χ3v) is 3.63. The molecule has 2 aromatic carbocycles. The summed E-state index contributed by atoms with van der Waals surface area (Å²) in [7, 11) is 0. The van der Waals surface area contributed by atoms with Crippen molar-refractivity contribution in [1.82, 2.24) is 20.0 Å². The van der Waals surface area contributed by atoms with Crippen LogP contribution < -0.4 is 5.56 Å². The second-order valence-corrected chi connectivity index (χ2v) is 4.97. The van der Waals surface area contributed by atoms with E-state index in [4.69, 9.17) is 0 Å². The number of rotatable bonds is 1. The zero-order valence-corrected chi connectivity index (χ0v) is 11.4. The normalized spacial score (nSPS) is 11.3. The van der Waals surface area contributed by atoms with Crippen molar-refractivity contribution in [1.29, 1.82) is 0 Å². The topological polar surface area (TPSA) is 63.6 Å². The molecule has 0 saturated heterocycles. The fourth-order valence-corrected chi connectivity index (χ4v) is 2.54. The van der Waals surface area contributed by atoms with E-state index >= 15 is 0 Å². The Kier molecular flexibility index (Phi) is 2.41. The zero-order valence-electron chi connectivity index (χ0n) is 11.4. The summed E-state index contributed by atoms with van der Waals surface area (Å²) in [5, 5.41) is 12.5. The number of benzene rings is 2. The minimum absolute atomic E-state index is 0.207. The monoisotopic (exact) mass is 276 g/mol. The molecule has 2 aliphatic heterocycles. The number of hydrogen-bond donors (Lipinski definition) is 1. The Morgan fingerprint density at radius 3 is 2.62 bits per heavy atom. The molecule has 21 heavy (non-hydrogen) atoms. The molecule has 5 heteroatoms. The smallest absolute Gasteiger partial charge is 0.277 e. The summed E-state index contributed by atoms with van der Waals surface area (Å²) in [6.07, 6.45) is 0. The Morgan fingerprint density at radius 2 is 1.76 bits per heavy atom. The quantitative estimate of drug-likeness (QED) is 0.581. The Morgan fingerprint density at radius 1 is 1.00 bits per heavy atom. The molecule has 0 bridgehead atoms. The Hall–Kier alpha value is -2.95. The van der Waals surface area contributed by atoms with Gasteiger partial charge >= 0.3 is 5.56 Å². The van der Waals surface area contributed by atoms with Crippen molar-refractivity contribution in [2.24, 2.45) is 0 Å². The van der Waals surface area contributed by atoms with Crippen LogP contribution in [0.1, 0.15) is 5.56 Å². The highest BCUT2D eigenvalue weighted by Crippen LogP contribution is 2.24. The van der Waals surface area contributed by atoms with Crippen LogP contribution >= 0.6 is 0 Å². The second kappa shape index (κ2) is 4.28. The van der Waals surface area contributed by atoms with Crippen molar-refractivity contribution in [3.05, 3.63) is 64.4 Å². The minimum atomic E-state index is -0.207. The van der Waals surface area contributed by atoms with E-state index in [1.807, 2.05) is 55.5 Å². The third kappa shape index (κ3) is 1.67. The van der Waals surface area contributed by atoms with Crippen molar-refractivity contribution in [2.75, 3.05) is 0 Å². The average Bonchev–Trinajstić information content (AvgIpc) is 2.85. The van der Waals surface area contributed by atoms with E-state index in [1.165, 1.54) is 4.68 Å². The Bertz CT molecular complexity index is 983. The highest BCUT2D eigenvalue weighted by atomic mass is 16.1. The largest absolute Gasteiger partial charge is 0.301 e. The van der Waals surface area contributed by atoms with E-state index in [-0.39, 0.29) is 5.56 Å². The molecule has 0 radical (unpaired) electrons. The molecule has 0 saturated carbocycles.